The smallest absolute Gasteiger partial charge is 0.00958 e. The second-order valence-corrected chi connectivity index (χ2v) is 5.30. The van der Waals surface area contributed by atoms with E-state index >= 15 is 0 Å². The molecule has 2 N–H and O–H groups in total. The largest absolute Gasteiger partial charge is 0.330 e. The van der Waals surface area contributed by atoms with E-state index in [9.17, 15) is 0 Å². The highest BCUT2D eigenvalue weighted by atomic mass is 32.1. The van der Waals surface area contributed by atoms with E-state index in [2.05, 4.69) is 48.7 Å². The third-order valence-corrected chi connectivity index (χ3v) is 4.18. The van der Waals surface area contributed by atoms with Gasteiger partial charge in [0, 0.05) is 17.3 Å². The lowest BCUT2D eigenvalue weighted by molar-refractivity contribution is 0.707. The summed E-state index contributed by atoms with van der Waals surface area (Å²) < 4.78 is 0. The molecule has 17 heavy (non-hydrogen) atoms. The third kappa shape index (κ3) is 3.18. The monoisotopic (exact) mass is 245 g/mol. The van der Waals surface area contributed by atoms with Crippen LogP contribution in [0.4, 0.5) is 0 Å². The van der Waals surface area contributed by atoms with Crippen LogP contribution in [0, 0.1) is 0 Å². The Kier molecular flexibility index (Phi) is 4.35. The van der Waals surface area contributed by atoms with Crippen molar-refractivity contribution >= 4 is 11.3 Å². The van der Waals surface area contributed by atoms with Crippen molar-refractivity contribution in [2.24, 2.45) is 5.73 Å². The summed E-state index contributed by atoms with van der Waals surface area (Å²) >= 11 is 1.80. The van der Waals surface area contributed by atoms with Crippen LogP contribution in [0.5, 0.6) is 0 Å². The molecule has 1 nitrogen and oxygen atoms in total. The van der Waals surface area contributed by atoms with Gasteiger partial charge in [0.1, 0.15) is 0 Å². The lowest BCUT2D eigenvalue weighted by Crippen LogP contribution is -2.13. The van der Waals surface area contributed by atoms with Gasteiger partial charge in [0.05, 0.1) is 0 Å². The van der Waals surface area contributed by atoms with Crippen molar-refractivity contribution in [1.29, 1.82) is 0 Å². The highest BCUT2D eigenvalue weighted by molar-refractivity contribution is 7.10. The Labute approximate surface area is 107 Å². The van der Waals surface area contributed by atoms with E-state index in [1.165, 1.54) is 16.0 Å². The Bertz CT molecular complexity index is 430. The Balaban J connectivity index is 2.07. The van der Waals surface area contributed by atoms with Crippen molar-refractivity contribution in [2.75, 3.05) is 6.54 Å². The summed E-state index contributed by atoms with van der Waals surface area (Å²) in [6.45, 7) is 2.90. The second-order valence-electron chi connectivity index (χ2n) is 4.32. The molecule has 0 aliphatic heterocycles. The Morgan fingerprint density at radius 1 is 1.12 bits per heavy atom. The van der Waals surface area contributed by atoms with Crippen LogP contribution in [-0.4, -0.2) is 6.54 Å². The van der Waals surface area contributed by atoms with Gasteiger partial charge in [0.25, 0.3) is 0 Å². The summed E-state index contributed by atoms with van der Waals surface area (Å²) in [5.41, 5.74) is 8.65. The maximum absolute atomic E-state index is 5.87. The topological polar surface area (TPSA) is 26.0 Å². The lowest BCUT2D eigenvalue weighted by atomic mass is 9.97. The van der Waals surface area contributed by atoms with Gasteiger partial charge in [0.2, 0.25) is 0 Å². The molecule has 0 saturated carbocycles. The minimum Gasteiger partial charge on any atom is -0.330 e. The third-order valence-electron chi connectivity index (χ3n) is 3.14. The fraction of sp³-hybridized carbons (Fsp3) is 0.333. The zero-order valence-electron chi connectivity index (χ0n) is 10.2. The zero-order chi connectivity index (χ0) is 12.1. The van der Waals surface area contributed by atoms with Crippen LogP contribution in [0.2, 0.25) is 0 Å². The van der Waals surface area contributed by atoms with Gasteiger partial charge in [-0.05, 0) is 35.4 Å². The molecule has 1 heterocycles. The molecule has 2 rings (SSSR count). The zero-order valence-corrected chi connectivity index (χ0v) is 11.0. The first kappa shape index (κ1) is 12.3. The summed E-state index contributed by atoms with van der Waals surface area (Å²) in [6.07, 6.45) is 2.15. The van der Waals surface area contributed by atoms with E-state index in [1.54, 1.807) is 11.3 Å². The van der Waals surface area contributed by atoms with E-state index < -0.39 is 0 Å². The molecular formula is C15H19NS. The highest BCUT2D eigenvalue weighted by Gasteiger charge is 2.11. The van der Waals surface area contributed by atoms with E-state index in [0.29, 0.717) is 5.92 Å². The molecule has 2 aromatic rings. The van der Waals surface area contributed by atoms with Crippen molar-refractivity contribution < 1.29 is 0 Å². The molecular weight excluding hydrogens is 226 g/mol. The fourth-order valence-corrected chi connectivity index (χ4v) is 2.86. The molecule has 0 spiro atoms. The summed E-state index contributed by atoms with van der Waals surface area (Å²) in [4.78, 5) is 1.40. The first-order chi connectivity index (χ1) is 8.33. The van der Waals surface area contributed by atoms with Gasteiger partial charge in [-0.2, -0.15) is 0 Å². The van der Waals surface area contributed by atoms with Gasteiger partial charge >= 0.3 is 0 Å². The number of benzene rings is 1. The second kappa shape index (κ2) is 5.99. The van der Waals surface area contributed by atoms with E-state index in [4.69, 9.17) is 5.73 Å². The molecule has 0 bridgehead atoms. The first-order valence-electron chi connectivity index (χ1n) is 6.14. The number of rotatable bonds is 5. The maximum atomic E-state index is 5.87. The fourth-order valence-electron chi connectivity index (χ4n) is 2.02. The average molecular weight is 245 g/mol. The molecule has 1 aromatic carbocycles. The summed E-state index contributed by atoms with van der Waals surface area (Å²) in [6, 6.07) is 13.2. The SMILES string of the molecule is CCc1ccc(CC(CN)c2cccs2)cc1. The maximum Gasteiger partial charge on any atom is 0.00958 e. The highest BCUT2D eigenvalue weighted by Crippen LogP contribution is 2.24. The molecule has 0 amide bonds. The molecule has 0 aliphatic carbocycles. The van der Waals surface area contributed by atoms with Crippen LogP contribution in [0.15, 0.2) is 41.8 Å². The Hall–Kier alpha value is -1.12. The quantitative estimate of drug-likeness (QED) is 0.856. The minimum absolute atomic E-state index is 0.461. The number of hydrogen-bond donors (Lipinski definition) is 1. The molecule has 0 radical (unpaired) electrons. The van der Waals surface area contributed by atoms with Crippen molar-refractivity contribution in [2.45, 2.75) is 25.7 Å². The number of aryl methyl sites for hydroxylation is 1. The van der Waals surface area contributed by atoms with Gasteiger partial charge in [-0.15, -0.1) is 11.3 Å². The molecule has 1 unspecified atom stereocenters. The first-order valence-corrected chi connectivity index (χ1v) is 7.02. The van der Waals surface area contributed by atoms with Crippen LogP contribution in [-0.2, 0) is 12.8 Å². The number of hydrogen-bond acceptors (Lipinski definition) is 2. The Morgan fingerprint density at radius 2 is 1.82 bits per heavy atom. The van der Waals surface area contributed by atoms with Crippen LogP contribution < -0.4 is 5.73 Å². The van der Waals surface area contributed by atoms with E-state index in [-0.39, 0.29) is 0 Å². The average Bonchev–Trinajstić information content (AvgIpc) is 2.90. The predicted octanol–water partition coefficient (Wildman–Crippen LogP) is 3.60. The number of thiophene rings is 1. The normalized spacial score (nSPS) is 12.6. The number of nitrogens with two attached hydrogens (primary N) is 1. The van der Waals surface area contributed by atoms with Crippen molar-refractivity contribution in [3.63, 3.8) is 0 Å². The molecule has 0 fully saturated rings. The van der Waals surface area contributed by atoms with Gasteiger partial charge in [-0.1, -0.05) is 37.3 Å². The van der Waals surface area contributed by atoms with Gasteiger partial charge < -0.3 is 5.73 Å². The van der Waals surface area contributed by atoms with Crippen LogP contribution in [0.3, 0.4) is 0 Å². The molecule has 90 valence electrons. The molecule has 0 saturated heterocycles. The van der Waals surface area contributed by atoms with Crippen molar-refractivity contribution in [3.05, 3.63) is 57.8 Å². The van der Waals surface area contributed by atoms with Gasteiger partial charge in [0.15, 0.2) is 0 Å². The molecule has 1 atom stereocenters. The van der Waals surface area contributed by atoms with Crippen LogP contribution in [0.25, 0.3) is 0 Å². The van der Waals surface area contributed by atoms with Crippen molar-refractivity contribution in [1.82, 2.24) is 0 Å². The van der Waals surface area contributed by atoms with E-state index in [1.807, 2.05) is 0 Å². The van der Waals surface area contributed by atoms with Gasteiger partial charge in [-0.25, -0.2) is 0 Å². The van der Waals surface area contributed by atoms with Gasteiger partial charge in [-0.3, -0.25) is 0 Å². The van der Waals surface area contributed by atoms with Crippen LogP contribution in [0.1, 0.15) is 28.8 Å². The standard InChI is InChI=1S/C15H19NS/c1-2-12-5-7-13(8-6-12)10-14(11-16)15-4-3-9-17-15/h3-9,14H,2,10-11,16H2,1H3. The summed E-state index contributed by atoms with van der Waals surface area (Å²) in [5.74, 6) is 0.461. The molecule has 0 aliphatic rings. The molecule has 1 aromatic heterocycles. The van der Waals surface area contributed by atoms with E-state index in [0.717, 1.165) is 19.4 Å². The summed E-state index contributed by atoms with van der Waals surface area (Å²) in [7, 11) is 0. The summed E-state index contributed by atoms with van der Waals surface area (Å²) in [5, 5.41) is 2.12. The minimum atomic E-state index is 0.461. The lowest BCUT2D eigenvalue weighted by Gasteiger charge is -2.13. The van der Waals surface area contributed by atoms with Crippen LogP contribution >= 0.6 is 11.3 Å². The molecule has 2 heteroatoms. The predicted molar refractivity (Wildman–Crippen MR) is 75.6 cm³/mol. The Morgan fingerprint density at radius 3 is 2.35 bits per heavy atom. The van der Waals surface area contributed by atoms with Crippen molar-refractivity contribution in [3.8, 4) is 0 Å².